The predicted molar refractivity (Wildman–Crippen MR) is 73.3 cm³/mol. The smallest absolute Gasteiger partial charge is 0.251 e. The minimum absolute atomic E-state index is 0.0874. The summed E-state index contributed by atoms with van der Waals surface area (Å²) in [5, 5.41) is 12.1. The van der Waals surface area contributed by atoms with E-state index in [1.54, 1.807) is 12.1 Å². The summed E-state index contributed by atoms with van der Waals surface area (Å²) in [7, 11) is 0. The summed E-state index contributed by atoms with van der Waals surface area (Å²) >= 11 is 0. The van der Waals surface area contributed by atoms with Crippen molar-refractivity contribution in [2.24, 2.45) is 5.92 Å². The third-order valence-electron chi connectivity index (χ3n) is 3.23. The molecule has 19 heavy (non-hydrogen) atoms. The van der Waals surface area contributed by atoms with Crippen LogP contribution in [-0.4, -0.2) is 29.8 Å². The molecule has 0 saturated heterocycles. The molecule has 104 valence electrons. The maximum absolute atomic E-state index is 12.0. The minimum Gasteiger partial charge on any atom is -0.491 e. The van der Waals surface area contributed by atoms with Gasteiger partial charge in [0.2, 0.25) is 0 Å². The zero-order valence-electron chi connectivity index (χ0n) is 11.4. The Balaban J connectivity index is 1.87. The first-order chi connectivity index (χ1) is 9.04. The Hall–Kier alpha value is -1.55. The number of carbonyl (C=O) groups is 1. The SMILES string of the molecule is CC(C)Oc1cccc(C(=O)NCC2CC(O)C2)c1. The molecule has 4 nitrogen and oxygen atoms in total. The van der Waals surface area contributed by atoms with Crippen LogP contribution in [0.1, 0.15) is 37.0 Å². The largest absolute Gasteiger partial charge is 0.491 e. The van der Waals surface area contributed by atoms with E-state index in [4.69, 9.17) is 4.74 Å². The van der Waals surface area contributed by atoms with Crippen LogP contribution in [0.5, 0.6) is 5.75 Å². The van der Waals surface area contributed by atoms with Crippen LogP contribution in [-0.2, 0) is 0 Å². The molecule has 1 aromatic carbocycles. The first-order valence-electron chi connectivity index (χ1n) is 6.77. The summed E-state index contributed by atoms with van der Waals surface area (Å²) in [6.45, 7) is 4.54. The summed E-state index contributed by atoms with van der Waals surface area (Å²) in [6.07, 6.45) is 1.49. The summed E-state index contributed by atoms with van der Waals surface area (Å²) in [5.41, 5.74) is 0.609. The molecular formula is C15H21NO3. The van der Waals surface area contributed by atoms with E-state index < -0.39 is 0 Å². The van der Waals surface area contributed by atoms with Crippen LogP contribution in [0.3, 0.4) is 0 Å². The molecule has 2 N–H and O–H groups in total. The lowest BCUT2D eigenvalue weighted by Crippen LogP contribution is -2.38. The fourth-order valence-electron chi connectivity index (χ4n) is 2.19. The number of aliphatic hydroxyl groups is 1. The van der Waals surface area contributed by atoms with Crippen molar-refractivity contribution in [3.63, 3.8) is 0 Å². The van der Waals surface area contributed by atoms with Crippen LogP contribution in [0.2, 0.25) is 0 Å². The second kappa shape index (κ2) is 6.06. The Morgan fingerprint density at radius 1 is 1.47 bits per heavy atom. The van der Waals surface area contributed by atoms with Crippen LogP contribution in [0.25, 0.3) is 0 Å². The van der Waals surface area contributed by atoms with Gasteiger partial charge in [0.25, 0.3) is 5.91 Å². The molecule has 0 bridgehead atoms. The second-order valence-corrected chi connectivity index (χ2v) is 5.40. The number of hydrogen-bond acceptors (Lipinski definition) is 3. The minimum atomic E-state index is -0.176. The molecule has 4 heteroatoms. The third-order valence-corrected chi connectivity index (χ3v) is 3.23. The van der Waals surface area contributed by atoms with Crippen LogP contribution < -0.4 is 10.1 Å². The van der Waals surface area contributed by atoms with E-state index in [9.17, 15) is 9.90 Å². The Labute approximate surface area is 113 Å². The molecule has 0 spiro atoms. The van der Waals surface area contributed by atoms with Gasteiger partial charge in [0, 0.05) is 12.1 Å². The highest BCUT2D eigenvalue weighted by Crippen LogP contribution is 2.26. The average Bonchev–Trinajstić information content (AvgIpc) is 2.32. The van der Waals surface area contributed by atoms with Gasteiger partial charge in [-0.25, -0.2) is 0 Å². The quantitative estimate of drug-likeness (QED) is 0.854. The fraction of sp³-hybridized carbons (Fsp3) is 0.533. The molecule has 1 aromatic rings. The molecule has 1 amide bonds. The van der Waals surface area contributed by atoms with Crippen molar-refractivity contribution in [1.82, 2.24) is 5.32 Å². The zero-order chi connectivity index (χ0) is 13.8. The normalized spacial score (nSPS) is 21.9. The molecule has 1 aliphatic carbocycles. The number of aliphatic hydroxyl groups excluding tert-OH is 1. The fourth-order valence-corrected chi connectivity index (χ4v) is 2.19. The summed E-state index contributed by atoms with van der Waals surface area (Å²) in [6, 6.07) is 7.20. The van der Waals surface area contributed by atoms with Gasteiger partial charge in [0.1, 0.15) is 5.75 Å². The molecule has 0 aliphatic heterocycles. The lowest BCUT2D eigenvalue weighted by Gasteiger charge is -2.31. The van der Waals surface area contributed by atoms with Gasteiger partial charge >= 0.3 is 0 Å². The highest BCUT2D eigenvalue weighted by atomic mass is 16.5. The number of ether oxygens (including phenoxy) is 1. The highest BCUT2D eigenvalue weighted by molar-refractivity contribution is 5.94. The lowest BCUT2D eigenvalue weighted by atomic mass is 9.82. The molecule has 0 aromatic heterocycles. The van der Waals surface area contributed by atoms with Gasteiger partial charge in [0.05, 0.1) is 12.2 Å². The highest BCUT2D eigenvalue weighted by Gasteiger charge is 2.27. The van der Waals surface area contributed by atoms with E-state index in [2.05, 4.69) is 5.32 Å². The monoisotopic (exact) mass is 263 g/mol. The van der Waals surface area contributed by atoms with Gasteiger partial charge in [-0.3, -0.25) is 4.79 Å². The Morgan fingerprint density at radius 2 is 2.21 bits per heavy atom. The van der Waals surface area contributed by atoms with E-state index >= 15 is 0 Å². The first-order valence-corrected chi connectivity index (χ1v) is 6.77. The van der Waals surface area contributed by atoms with Crippen molar-refractivity contribution < 1.29 is 14.6 Å². The maximum atomic E-state index is 12.0. The van der Waals surface area contributed by atoms with Crippen molar-refractivity contribution in [3.8, 4) is 5.75 Å². The number of hydrogen-bond donors (Lipinski definition) is 2. The lowest BCUT2D eigenvalue weighted by molar-refractivity contribution is 0.0420. The van der Waals surface area contributed by atoms with Gasteiger partial charge < -0.3 is 15.2 Å². The van der Waals surface area contributed by atoms with Crippen LogP contribution >= 0.6 is 0 Å². The van der Waals surface area contributed by atoms with Crippen molar-refractivity contribution in [2.45, 2.75) is 38.9 Å². The van der Waals surface area contributed by atoms with E-state index in [0.29, 0.717) is 23.8 Å². The number of carbonyl (C=O) groups excluding carboxylic acids is 1. The van der Waals surface area contributed by atoms with Crippen molar-refractivity contribution in [1.29, 1.82) is 0 Å². The summed E-state index contributed by atoms with van der Waals surface area (Å²) in [5.74, 6) is 1.03. The Morgan fingerprint density at radius 3 is 2.84 bits per heavy atom. The molecule has 0 radical (unpaired) electrons. The molecule has 2 rings (SSSR count). The molecule has 1 fully saturated rings. The molecule has 1 aliphatic rings. The van der Waals surface area contributed by atoms with E-state index in [1.165, 1.54) is 0 Å². The van der Waals surface area contributed by atoms with E-state index in [-0.39, 0.29) is 18.1 Å². The first kappa shape index (κ1) is 13.9. The number of amides is 1. The van der Waals surface area contributed by atoms with Gasteiger partial charge in [0.15, 0.2) is 0 Å². The molecule has 1 saturated carbocycles. The van der Waals surface area contributed by atoms with Crippen LogP contribution in [0.15, 0.2) is 24.3 Å². The van der Waals surface area contributed by atoms with Gasteiger partial charge in [-0.1, -0.05) is 6.07 Å². The number of benzene rings is 1. The second-order valence-electron chi connectivity index (χ2n) is 5.40. The molecule has 0 atom stereocenters. The van der Waals surface area contributed by atoms with Crippen LogP contribution in [0.4, 0.5) is 0 Å². The Bertz CT molecular complexity index is 439. The van der Waals surface area contributed by atoms with Gasteiger partial charge in [-0.15, -0.1) is 0 Å². The van der Waals surface area contributed by atoms with Crippen molar-refractivity contribution >= 4 is 5.91 Å². The van der Waals surface area contributed by atoms with Gasteiger partial charge in [-0.2, -0.15) is 0 Å². The van der Waals surface area contributed by atoms with Crippen molar-refractivity contribution in [3.05, 3.63) is 29.8 Å². The molecule has 0 unspecified atom stereocenters. The van der Waals surface area contributed by atoms with Crippen molar-refractivity contribution in [2.75, 3.05) is 6.54 Å². The van der Waals surface area contributed by atoms with E-state index in [0.717, 1.165) is 12.8 Å². The zero-order valence-corrected chi connectivity index (χ0v) is 11.4. The van der Waals surface area contributed by atoms with E-state index in [1.807, 2.05) is 26.0 Å². The Kier molecular flexibility index (Phi) is 4.43. The maximum Gasteiger partial charge on any atom is 0.251 e. The summed E-state index contributed by atoms with van der Waals surface area (Å²) in [4.78, 5) is 12.0. The van der Waals surface area contributed by atoms with Crippen LogP contribution in [0, 0.1) is 5.92 Å². The molecule has 0 heterocycles. The average molecular weight is 263 g/mol. The number of nitrogens with one attached hydrogen (secondary N) is 1. The standard InChI is InChI=1S/C15H21NO3/c1-10(2)19-14-5-3-4-12(8-14)15(18)16-9-11-6-13(17)7-11/h3-5,8,10-11,13,17H,6-7,9H2,1-2H3,(H,16,18). The van der Waals surface area contributed by atoms with Gasteiger partial charge in [-0.05, 0) is 50.8 Å². The number of rotatable bonds is 5. The summed E-state index contributed by atoms with van der Waals surface area (Å²) < 4.78 is 5.56. The predicted octanol–water partition coefficient (Wildman–Crippen LogP) is 1.97. The third kappa shape index (κ3) is 3.96. The molecular weight excluding hydrogens is 242 g/mol. The topological polar surface area (TPSA) is 58.6 Å².